The molecule has 0 bridgehead atoms. The van der Waals surface area contributed by atoms with Gasteiger partial charge in [0, 0.05) is 12.2 Å². The van der Waals surface area contributed by atoms with Crippen molar-refractivity contribution in [3.05, 3.63) is 58.7 Å². The third-order valence-electron chi connectivity index (χ3n) is 3.77. The van der Waals surface area contributed by atoms with Crippen LogP contribution in [0.4, 0.5) is 20.2 Å². The number of hydrogen-bond acceptors (Lipinski definition) is 2. The Hall–Kier alpha value is -2.41. The molecule has 21 heavy (non-hydrogen) atoms. The van der Waals surface area contributed by atoms with Crippen LogP contribution in [0.3, 0.4) is 0 Å². The lowest BCUT2D eigenvalue weighted by Gasteiger charge is -2.32. The summed E-state index contributed by atoms with van der Waals surface area (Å²) < 4.78 is 28.4. The summed E-state index contributed by atoms with van der Waals surface area (Å²) in [6.45, 7) is 2.57. The van der Waals surface area contributed by atoms with Crippen LogP contribution in [-0.4, -0.2) is 6.54 Å². The van der Waals surface area contributed by atoms with Crippen molar-refractivity contribution in [3.63, 3.8) is 0 Å². The molecule has 0 saturated heterocycles. The zero-order valence-corrected chi connectivity index (χ0v) is 11.7. The molecule has 0 spiro atoms. The Morgan fingerprint density at radius 1 is 1.14 bits per heavy atom. The summed E-state index contributed by atoms with van der Waals surface area (Å²) in [7, 11) is 0. The van der Waals surface area contributed by atoms with E-state index in [4.69, 9.17) is 5.26 Å². The van der Waals surface area contributed by atoms with Crippen molar-refractivity contribution in [2.45, 2.75) is 19.8 Å². The summed E-state index contributed by atoms with van der Waals surface area (Å²) in [6.07, 6.45) is 1.75. The summed E-state index contributed by atoms with van der Waals surface area (Å²) in [5.74, 6) is -1.39. The standard InChI is InChI=1S/C17H14F2N2/c1-11-4-5-16-13(7-11)3-2-6-21(16)17-14(18)8-12(10-20)9-15(17)19/h4-5,7-9H,2-3,6H2,1H3. The highest BCUT2D eigenvalue weighted by molar-refractivity contribution is 5.69. The van der Waals surface area contributed by atoms with E-state index in [1.54, 1.807) is 11.0 Å². The number of fused-ring (bicyclic) bond motifs is 1. The first-order chi connectivity index (χ1) is 10.1. The molecule has 2 aromatic carbocycles. The van der Waals surface area contributed by atoms with Gasteiger partial charge in [-0.3, -0.25) is 0 Å². The molecule has 2 nitrogen and oxygen atoms in total. The first-order valence-electron chi connectivity index (χ1n) is 6.86. The second-order valence-corrected chi connectivity index (χ2v) is 5.29. The molecule has 0 aromatic heterocycles. The highest BCUT2D eigenvalue weighted by atomic mass is 19.1. The lowest BCUT2D eigenvalue weighted by Crippen LogP contribution is -2.26. The highest BCUT2D eigenvalue weighted by Crippen LogP contribution is 2.37. The first-order valence-corrected chi connectivity index (χ1v) is 6.86. The molecule has 0 radical (unpaired) electrons. The van der Waals surface area contributed by atoms with E-state index in [9.17, 15) is 8.78 Å². The molecule has 0 unspecified atom stereocenters. The van der Waals surface area contributed by atoms with Crippen molar-refractivity contribution in [3.8, 4) is 6.07 Å². The van der Waals surface area contributed by atoms with E-state index in [0.717, 1.165) is 41.8 Å². The van der Waals surface area contributed by atoms with Crippen molar-refractivity contribution in [1.82, 2.24) is 0 Å². The number of benzene rings is 2. The molecular formula is C17H14F2N2. The van der Waals surface area contributed by atoms with Gasteiger partial charge in [0.05, 0.1) is 11.6 Å². The molecule has 1 aliphatic rings. The Labute approximate surface area is 122 Å². The molecular weight excluding hydrogens is 270 g/mol. The van der Waals surface area contributed by atoms with Gasteiger partial charge < -0.3 is 4.90 Å². The number of halogens is 2. The zero-order chi connectivity index (χ0) is 15.0. The Morgan fingerprint density at radius 3 is 2.52 bits per heavy atom. The number of nitrogens with zero attached hydrogens (tertiary/aromatic N) is 2. The average Bonchev–Trinajstić information content (AvgIpc) is 2.46. The van der Waals surface area contributed by atoms with Crippen molar-refractivity contribution in [2.75, 3.05) is 11.4 Å². The highest BCUT2D eigenvalue weighted by Gasteiger charge is 2.24. The molecule has 0 atom stereocenters. The molecule has 4 heteroatoms. The lowest BCUT2D eigenvalue weighted by molar-refractivity contribution is 0.575. The van der Waals surface area contributed by atoms with Crippen LogP contribution in [0.2, 0.25) is 0 Å². The second kappa shape index (κ2) is 5.17. The molecule has 0 N–H and O–H groups in total. The predicted molar refractivity (Wildman–Crippen MR) is 77.6 cm³/mol. The minimum atomic E-state index is -0.694. The van der Waals surface area contributed by atoms with Crippen molar-refractivity contribution in [2.24, 2.45) is 0 Å². The maximum Gasteiger partial charge on any atom is 0.151 e. The van der Waals surface area contributed by atoms with Crippen molar-refractivity contribution in [1.29, 1.82) is 5.26 Å². The summed E-state index contributed by atoms with van der Waals surface area (Å²) in [6, 6.07) is 9.84. The van der Waals surface area contributed by atoms with Gasteiger partial charge in [-0.25, -0.2) is 8.78 Å². The van der Waals surface area contributed by atoms with Gasteiger partial charge in [0.2, 0.25) is 0 Å². The molecule has 3 rings (SSSR count). The Balaban J connectivity index is 2.14. The van der Waals surface area contributed by atoms with Crippen LogP contribution in [-0.2, 0) is 6.42 Å². The number of nitriles is 1. The summed E-state index contributed by atoms with van der Waals surface area (Å²) in [5, 5.41) is 8.78. The maximum atomic E-state index is 14.2. The fourth-order valence-corrected chi connectivity index (χ4v) is 2.85. The average molecular weight is 284 g/mol. The summed E-state index contributed by atoms with van der Waals surface area (Å²) in [5.41, 5.74) is 3.00. The van der Waals surface area contributed by atoms with E-state index in [0.29, 0.717) is 6.54 Å². The fraction of sp³-hybridized carbons (Fsp3) is 0.235. The number of rotatable bonds is 1. The quantitative estimate of drug-likeness (QED) is 0.783. The Kier molecular flexibility index (Phi) is 3.34. The normalized spacial score (nSPS) is 13.7. The van der Waals surface area contributed by atoms with Crippen LogP contribution in [0.5, 0.6) is 0 Å². The fourth-order valence-electron chi connectivity index (χ4n) is 2.85. The lowest BCUT2D eigenvalue weighted by atomic mass is 9.98. The second-order valence-electron chi connectivity index (χ2n) is 5.29. The van der Waals surface area contributed by atoms with Gasteiger partial charge in [-0.1, -0.05) is 17.7 Å². The van der Waals surface area contributed by atoms with Gasteiger partial charge in [-0.2, -0.15) is 5.26 Å². The number of aryl methyl sites for hydroxylation is 2. The smallest absolute Gasteiger partial charge is 0.151 e. The molecule has 0 saturated carbocycles. The third kappa shape index (κ3) is 2.36. The molecule has 0 aliphatic carbocycles. The van der Waals surface area contributed by atoms with Crippen LogP contribution in [0.25, 0.3) is 0 Å². The van der Waals surface area contributed by atoms with Gasteiger partial charge in [0.25, 0.3) is 0 Å². The first kappa shape index (κ1) is 13.6. The summed E-state index contributed by atoms with van der Waals surface area (Å²) in [4.78, 5) is 1.67. The summed E-state index contributed by atoms with van der Waals surface area (Å²) >= 11 is 0. The minimum Gasteiger partial charge on any atom is -0.336 e. The van der Waals surface area contributed by atoms with Crippen LogP contribution in [0.1, 0.15) is 23.1 Å². The predicted octanol–water partition coefficient (Wildman–Crippen LogP) is 4.23. The topological polar surface area (TPSA) is 27.0 Å². The van der Waals surface area contributed by atoms with Crippen molar-refractivity contribution < 1.29 is 8.78 Å². The Bertz CT molecular complexity index is 724. The van der Waals surface area contributed by atoms with Crippen LogP contribution in [0.15, 0.2) is 30.3 Å². The van der Waals surface area contributed by atoms with E-state index >= 15 is 0 Å². The van der Waals surface area contributed by atoms with Crippen LogP contribution in [0, 0.1) is 29.9 Å². The van der Waals surface area contributed by atoms with Gasteiger partial charge in [-0.05, 0) is 43.5 Å². The van der Waals surface area contributed by atoms with Gasteiger partial charge >= 0.3 is 0 Å². The SMILES string of the molecule is Cc1ccc2c(c1)CCCN2c1c(F)cc(C#N)cc1F. The molecule has 1 aliphatic heterocycles. The van der Waals surface area contributed by atoms with Crippen molar-refractivity contribution >= 4 is 11.4 Å². The van der Waals surface area contributed by atoms with E-state index in [-0.39, 0.29) is 11.3 Å². The van der Waals surface area contributed by atoms with E-state index in [1.807, 2.05) is 19.1 Å². The van der Waals surface area contributed by atoms with E-state index < -0.39 is 11.6 Å². The minimum absolute atomic E-state index is 0.00473. The zero-order valence-electron chi connectivity index (χ0n) is 11.7. The molecule has 0 amide bonds. The third-order valence-corrected chi connectivity index (χ3v) is 3.77. The van der Waals surface area contributed by atoms with Gasteiger partial charge in [-0.15, -0.1) is 0 Å². The van der Waals surface area contributed by atoms with E-state index in [2.05, 4.69) is 6.07 Å². The molecule has 0 fully saturated rings. The maximum absolute atomic E-state index is 14.2. The number of anilines is 2. The van der Waals surface area contributed by atoms with Crippen LogP contribution >= 0.6 is 0 Å². The molecule has 1 heterocycles. The monoisotopic (exact) mass is 284 g/mol. The number of hydrogen-bond donors (Lipinski definition) is 0. The molecule has 106 valence electrons. The van der Waals surface area contributed by atoms with Crippen LogP contribution < -0.4 is 4.90 Å². The largest absolute Gasteiger partial charge is 0.336 e. The van der Waals surface area contributed by atoms with Gasteiger partial charge in [0.15, 0.2) is 11.6 Å². The van der Waals surface area contributed by atoms with E-state index in [1.165, 1.54) is 0 Å². The molecule has 2 aromatic rings. The Morgan fingerprint density at radius 2 is 1.86 bits per heavy atom. The van der Waals surface area contributed by atoms with Gasteiger partial charge in [0.1, 0.15) is 5.69 Å².